The molecule has 16 heavy (non-hydrogen) atoms. The van der Waals surface area contributed by atoms with Gasteiger partial charge in [-0.25, -0.2) is 4.52 Å². The zero-order chi connectivity index (χ0) is 11.2. The van der Waals surface area contributed by atoms with E-state index in [9.17, 15) is 0 Å². The van der Waals surface area contributed by atoms with Crippen molar-refractivity contribution in [2.75, 3.05) is 0 Å². The molecule has 0 radical (unpaired) electrons. The zero-order valence-corrected chi connectivity index (χ0v) is 9.61. The molecule has 3 rings (SSSR count). The van der Waals surface area contributed by atoms with Gasteiger partial charge in [-0.3, -0.25) is 0 Å². The van der Waals surface area contributed by atoms with Crippen molar-refractivity contribution in [3.05, 3.63) is 35.7 Å². The van der Waals surface area contributed by atoms with Crippen molar-refractivity contribution in [3.8, 4) is 0 Å². The molecule has 0 atom stereocenters. The van der Waals surface area contributed by atoms with Crippen molar-refractivity contribution < 1.29 is 0 Å². The molecule has 2 aromatic rings. The van der Waals surface area contributed by atoms with Gasteiger partial charge in [-0.1, -0.05) is 0 Å². The molecule has 2 aromatic heterocycles. The van der Waals surface area contributed by atoms with E-state index >= 15 is 0 Å². The summed E-state index contributed by atoms with van der Waals surface area (Å²) in [5.41, 5.74) is 9.82. The highest BCUT2D eigenvalue weighted by Crippen LogP contribution is 2.36. The van der Waals surface area contributed by atoms with E-state index in [0.717, 1.165) is 18.5 Å². The zero-order valence-electron chi connectivity index (χ0n) is 9.61. The van der Waals surface area contributed by atoms with Gasteiger partial charge in [0.05, 0.1) is 11.2 Å². The van der Waals surface area contributed by atoms with E-state index in [1.54, 1.807) is 0 Å². The third kappa shape index (κ3) is 1.83. The third-order valence-electron chi connectivity index (χ3n) is 3.44. The van der Waals surface area contributed by atoms with Crippen LogP contribution in [0.3, 0.4) is 0 Å². The second-order valence-electron chi connectivity index (χ2n) is 5.07. The maximum atomic E-state index is 6.08. The molecule has 1 fully saturated rings. The Bertz CT molecular complexity index is 523. The molecule has 0 aliphatic heterocycles. The Morgan fingerprint density at radius 3 is 3.00 bits per heavy atom. The maximum absolute atomic E-state index is 6.08. The predicted octanol–water partition coefficient (Wildman–Crippen LogP) is 2.07. The molecule has 0 spiro atoms. The number of fused-ring (bicyclic) bond motifs is 1. The van der Waals surface area contributed by atoms with Crippen molar-refractivity contribution in [2.45, 2.75) is 38.1 Å². The van der Waals surface area contributed by atoms with E-state index in [2.05, 4.69) is 30.2 Å². The standard InChI is InChI=1S/C13H17N3/c1-10-3-7-16-12(8-10)9-11(15-16)2-4-13(14)5-6-13/h3,7-9H,2,4-6,14H2,1H3. The number of aromatic nitrogens is 2. The van der Waals surface area contributed by atoms with E-state index in [0.29, 0.717) is 0 Å². The van der Waals surface area contributed by atoms with Crippen LogP contribution in [0.2, 0.25) is 0 Å². The summed E-state index contributed by atoms with van der Waals surface area (Å²) < 4.78 is 1.94. The van der Waals surface area contributed by atoms with Gasteiger partial charge >= 0.3 is 0 Å². The first-order valence-electron chi connectivity index (χ1n) is 5.89. The Labute approximate surface area is 95.3 Å². The minimum atomic E-state index is 0.131. The first kappa shape index (κ1) is 9.85. The van der Waals surface area contributed by atoms with Gasteiger partial charge in [0.1, 0.15) is 0 Å². The molecule has 1 saturated carbocycles. The topological polar surface area (TPSA) is 43.3 Å². The fraction of sp³-hybridized carbons (Fsp3) is 0.462. The van der Waals surface area contributed by atoms with E-state index in [1.807, 2.05) is 10.7 Å². The van der Waals surface area contributed by atoms with Crippen LogP contribution >= 0.6 is 0 Å². The Morgan fingerprint density at radius 1 is 1.44 bits per heavy atom. The lowest BCUT2D eigenvalue weighted by Gasteiger charge is -2.04. The van der Waals surface area contributed by atoms with Crippen LogP contribution in [0.15, 0.2) is 24.4 Å². The highest BCUT2D eigenvalue weighted by molar-refractivity contribution is 5.49. The monoisotopic (exact) mass is 215 g/mol. The van der Waals surface area contributed by atoms with E-state index in [1.165, 1.54) is 23.9 Å². The summed E-state index contributed by atoms with van der Waals surface area (Å²) in [6.07, 6.45) is 6.44. The average molecular weight is 215 g/mol. The predicted molar refractivity (Wildman–Crippen MR) is 64.4 cm³/mol. The summed E-state index contributed by atoms with van der Waals surface area (Å²) >= 11 is 0. The molecule has 3 nitrogen and oxygen atoms in total. The van der Waals surface area contributed by atoms with Crippen LogP contribution in [-0.4, -0.2) is 15.2 Å². The summed E-state index contributed by atoms with van der Waals surface area (Å²) in [4.78, 5) is 0. The average Bonchev–Trinajstić information content (AvgIpc) is 2.85. The van der Waals surface area contributed by atoms with Crippen molar-refractivity contribution in [3.63, 3.8) is 0 Å². The molecule has 1 aliphatic carbocycles. The fourth-order valence-corrected chi connectivity index (χ4v) is 2.07. The number of pyridine rings is 1. The lowest BCUT2D eigenvalue weighted by Crippen LogP contribution is -2.22. The largest absolute Gasteiger partial charge is 0.325 e. The van der Waals surface area contributed by atoms with Gasteiger partial charge in [0.25, 0.3) is 0 Å². The summed E-state index contributed by atoms with van der Waals surface area (Å²) in [6.45, 7) is 2.10. The van der Waals surface area contributed by atoms with Crippen molar-refractivity contribution in [1.82, 2.24) is 9.61 Å². The molecule has 0 saturated heterocycles. The fourth-order valence-electron chi connectivity index (χ4n) is 2.07. The molecule has 0 unspecified atom stereocenters. The summed E-state index contributed by atoms with van der Waals surface area (Å²) in [7, 11) is 0. The summed E-state index contributed by atoms with van der Waals surface area (Å²) in [5, 5.41) is 4.55. The van der Waals surface area contributed by atoms with Gasteiger partial charge < -0.3 is 5.73 Å². The Hall–Kier alpha value is -1.35. The van der Waals surface area contributed by atoms with Crippen LogP contribution < -0.4 is 5.73 Å². The molecule has 0 amide bonds. The SMILES string of the molecule is Cc1ccn2nc(CCC3(N)CC3)cc2c1. The number of hydrogen-bond donors (Lipinski definition) is 1. The lowest BCUT2D eigenvalue weighted by molar-refractivity contribution is 0.601. The van der Waals surface area contributed by atoms with Gasteiger partial charge in [0.15, 0.2) is 0 Å². The molecule has 0 aromatic carbocycles. The van der Waals surface area contributed by atoms with Crippen LogP contribution in [0.1, 0.15) is 30.5 Å². The number of nitrogens with zero attached hydrogens (tertiary/aromatic N) is 2. The quantitative estimate of drug-likeness (QED) is 0.851. The number of hydrogen-bond acceptors (Lipinski definition) is 2. The van der Waals surface area contributed by atoms with Gasteiger partial charge in [0.2, 0.25) is 0 Å². The van der Waals surface area contributed by atoms with Crippen LogP contribution in [0.25, 0.3) is 5.52 Å². The highest BCUT2D eigenvalue weighted by atomic mass is 15.2. The molecular formula is C13H17N3. The van der Waals surface area contributed by atoms with Crippen molar-refractivity contribution in [1.29, 1.82) is 0 Å². The normalized spacial score (nSPS) is 17.9. The van der Waals surface area contributed by atoms with E-state index in [-0.39, 0.29) is 5.54 Å². The van der Waals surface area contributed by atoms with Gasteiger partial charge in [-0.15, -0.1) is 0 Å². The van der Waals surface area contributed by atoms with Crippen LogP contribution in [-0.2, 0) is 6.42 Å². The molecule has 84 valence electrons. The molecule has 1 aliphatic rings. The minimum Gasteiger partial charge on any atom is -0.325 e. The second-order valence-corrected chi connectivity index (χ2v) is 5.07. The first-order valence-corrected chi connectivity index (χ1v) is 5.89. The number of rotatable bonds is 3. The Morgan fingerprint density at radius 2 is 2.25 bits per heavy atom. The van der Waals surface area contributed by atoms with Crippen molar-refractivity contribution >= 4 is 5.52 Å². The van der Waals surface area contributed by atoms with Gasteiger partial charge in [-0.05, 0) is 56.4 Å². The second kappa shape index (κ2) is 3.32. The van der Waals surface area contributed by atoms with Crippen LogP contribution in [0.4, 0.5) is 0 Å². The van der Waals surface area contributed by atoms with Crippen LogP contribution in [0, 0.1) is 6.92 Å². The van der Waals surface area contributed by atoms with Crippen molar-refractivity contribution in [2.24, 2.45) is 5.73 Å². The Balaban J connectivity index is 1.82. The molecule has 3 heteroatoms. The minimum absolute atomic E-state index is 0.131. The first-order chi connectivity index (χ1) is 7.65. The lowest BCUT2D eigenvalue weighted by atomic mass is 10.1. The highest BCUT2D eigenvalue weighted by Gasteiger charge is 2.37. The smallest absolute Gasteiger partial charge is 0.0667 e. The van der Waals surface area contributed by atoms with Crippen LogP contribution in [0.5, 0.6) is 0 Å². The molecular weight excluding hydrogens is 198 g/mol. The van der Waals surface area contributed by atoms with Gasteiger partial charge in [-0.2, -0.15) is 5.10 Å². The van der Waals surface area contributed by atoms with Gasteiger partial charge in [0, 0.05) is 11.7 Å². The summed E-state index contributed by atoms with van der Waals surface area (Å²) in [5.74, 6) is 0. The molecule has 2 N–H and O–H groups in total. The number of nitrogens with two attached hydrogens (primary N) is 1. The number of aryl methyl sites for hydroxylation is 2. The van der Waals surface area contributed by atoms with E-state index in [4.69, 9.17) is 5.73 Å². The Kier molecular flexibility index (Phi) is 2.04. The molecule has 2 heterocycles. The molecule has 0 bridgehead atoms. The maximum Gasteiger partial charge on any atom is 0.0667 e. The summed E-state index contributed by atoms with van der Waals surface area (Å²) in [6, 6.07) is 6.40. The van der Waals surface area contributed by atoms with E-state index < -0.39 is 0 Å². The third-order valence-corrected chi connectivity index (χ3v) is 3.44.